The van der Waals surface area contributed by atoms with Gasteiger partial charge in [-0.05, 0) is 24.3 Å². The summed E-state index contributed by atoms with van der Waals surface area (Å²) in [5.41, 5.74) is 7.15. The van der Waals surface area contributed by atoms with Crippen LogP contribution in [-0.2, 0) is 0 Å². The molecule has 2 aromatic rings. The normalized spacial score (nSPS) is 10.2. The third-order valence-electron chi connectivity index (χ3n) is 2.75. The van der Waals surface area contributed by atoms with Crippen LogP contribution in [0.5, 0.6) is 11.5 Å². The predicted octanol–water partition coefficient (Wildman–Crippen LogP) is 3.09. The van der Waals surface area contributed by atoms with Crippen LogP contribution in [0.4, 0.5) is 10.1 Å². The summed E-state index contributed by atoms with van der Waals surface area (Å²) in [6, 6.07) is 9.99. The van der Waals surface area contributed by atoms with Gasteiger partial charge < -0.3 is 15.2 Å². The zero-order valence-electron chi connectivity index (χ0n) is 10.2. The Labute approximate surface area is 105 Å². The van der Waals surface area contributed by atoms with E-state index in [0.717, 1.165) is 0 Å². The molecule has 0 aliphatic heterocycles. The molecule has 2 rings (SSSR count). The van der Waals surface area contributed by atoms with Crippen molar-refractivity contribution in [2.45, 2.75) is 0 Å². The Balaban J connectivity index is 2.64. The van der Waals surface area contributed by atoms with Gasteiger partial charge in [0, 0.05) is 11.1 Å². The third-order valence-corrected chi connectivity index (χ3v) is 2.75. The van der Waals surface area contributed by atoms with E-state index in [1.54, 1.807) is 44.6 Å². The lowest BCUT2D eigenvalue weighted by Gasteiger charge is -2.12. The summed E-state index contributed by atoms with van der Waals surface area (Å²) in [6.07, 6.45) is 0. The minimum Gasteiger partial charge on any atom is -0.497 e. The maximum atomic E-state index is 13.5. The molecule has 0 unspecified atom stereocenters. The number of rotatable bonds is 3. The van der Waals surface area contributed by atoms with Crippen molar-refractivity contribution in [1.29, 1.82) is 0 Å². The van der Waals surface area contributed by atoms with Crippen LogP contribution >= 0.6 is 0 Å². The highest BCUT2D eigenvalue weighted by Crippen LogP contribution is 2.37. The van der Waals surface area contributed by atoms with Crippen LogP contribution < -0.4 is 15.2 Å². The Morgan fingerprint density at radius 1 is 1.00 bits per heavy atom. The summed E-state index contributed by atoms with van der Waals surface area (Å²) < 4.78 is 23.9. The number of halogens is 1. The number of nitrogens with two attached hydrogens (primary N) is 1. The van der Waals surface area contributed by atoms with Crippen LogP contribution in [0.3, 0.4) is 0 Å². The molecule has 2 aromatic carbocycles. The molecule has 2 N–H and O–H groups in total. The highest BCUT2D eigenvalue weighted by Gasteiger charge is 2.12. The number of methoxy groups -OCH3 is 2. The molecule has 0 saturated carbocycles. The van der Waals surface area contributed by atoms with E-state index in [2.05, 4.69) is 0 Å². The first-order valence-electron chi connectivity index (χ1n) is 5.43. The molecule has 3 nitrogen and oxygen atoms in total. The molecule has 0 saturated heterocycles. The second kappa shape index (κ2) is 4.96. The van der Waals surface area contributed by atoms with Crippen LogP contribution in [-0.4, -0.2) is 14.2 Å². The van der Waals surface area contributed by atoms with Gasteiger partial charge in [0.25, 0.3) is 0 Å². The van der Waals surface area contributed by atoms with E-state index < -0.39 is 5.82 Å². The van der Waals surface area contributed by atoms with E-state index in [4.69, 9.17) is 15.2 Å². The third kappa shape index (κ3) is 2.09. The van der Waals surface area contributed by atoms with Crippen molar-refractivity contribution in [1.82, 2.24) is 0 Å². The number of ether oxygens (including phenoxy) is 2. The topological polar surface area (TPSA) is 44.5 Å². The summed E-state index contributed by atoms with van der Waals surface area (Å²) in [4.78, 5) is 0. The first kappa shape index (κ1) is 12.2. The summed E-state index contributed by atoms with van der Waals surface area (Å²) in [5, 5.41) is 0. The van der Waals surface area contributed by atoms with E-state index in [1.807, 2.05) is 0 Å². The maximum Gasteiger partial charge on any atom is 0.146 e. The highest BCUT2D eigenvalue weighted by atomic mass is 19.1. The molecule has 4 heteroatoms. The van der Waals surface area contributed by atoms with Gasteiger partial charge in [0.05, 0.1) is 19.9 Å². The lowest BCUT2D eigenvalue weighted by atomic mass is 10.0. The molecule has 0 atom stereocenters. The maximum absolute atomic E-state index is 13.5. The van der Waals surface area contributed by atoms with Gasteiger partial charge in [-0.1, -0.05) is 12.1 Å². The molecule has 0 aliphatic rings. The largest absolute Gasteiger partial charge is 0.497 e. The summed E-state index contributed by atoms with van der Waals surface area (Å²) >= 11 is 0. The van der Waals surface area contributed by atoms with Gasteiger partial charge in [-0.2, -0.15) is 0 Å². The van der Waals surface area contributed by atoms with E-state index >= 15 is 0 Å². The molecule has 0 spiro atoms. The van der Waals surface area contributed by atoms with Gasteiger partial charge in [0.2, 0.25) is 0 Å². The van der Waals surface area contributed by atoms with Crippen molar-refractivity contribution in [2.24, 2.45) is 0 Å². The fraction of sp³-hybridized carbons (Fsp3) is 0.143. The monoisotopic (exact) mass is 247 g/mol. The fourth-order valence-corrected chi connectivity index (χ4v) is 1.80. The Kier molecular flexibility index (Phi) is 3.37. The molecule has 0 radical (unpaired) electrons. The van der Waals surface area contributed by atoms with Crippen LogP contribution in [0.1, 0.15) is 0 Å². The molecule has 0 heterocycles. The Hall–Kier alpha value is -2.23. The van der Waals surface area contributed by atoms with Crippen molar-refractivity contribution in [2.75, 3.05) is 20.0 Å². The van der Waals surface area contributed by atoms with Crippen molar-refractivity contribution in [3.8, 4) is 22.6 Å². The molecule has 0 amide bonds. The molecular weight excluding hydrogens is 233 g/mol. The molecule has 0 fully saturated rings. The fourth-order valence-electron chi connectivity index (χ4n) is 1.80. The number of nitrogen functional groups attached to an aromatic ring is 1. The highest BCUT2D eigenvalue weighted by molar-refractivity contribution is 5.81. The average Bonchev–Trinajstić information content (AvgIpc) is 2.41. The van der Waals surface area contributed by atoms with Crippen LogP contribution in [0.25, 0.3) is 11.1 Å². The summed E-state index contributed by atoms with van der Waals surface area (Å²) in [7, 11) is 3.13. The Morgan fingerprint density at radius 3 is 2.44 bits per heavy atom. The minimum atomic E-state index is -0.447. The van der Waals surface area contributed by atoms with Crippen molar-refractivity contribution < 1.29 is 13.9 Å². The van der Waals surface area contributed by atoms with Gasteiger partial charge in [-0.25, -0.2) is 4.39 Å². The Bertz CT molecular complexity index is 570. The lowest BCUT2D eigenvalue weighted by Crippen LogP contribution is -1.96. The molecule has 0 aliphatic carbocycles. The quantitative estimate of drug-likeness (QED) is 0.848. The zero-order valence-corrected chi connectivity index (χ0v) is 10.2. The van der Waals surface area contributed by atoms with E-state index in [-0.39, 0.29) is 5.69 Å². The van der Waals surface area contributed by atoms with E-state index in [0.29, 0.717) is 22.6 Å². The van der Waals surface area contributed by atoms with E-state index in [9.17, 15) is 4.39 Å². The summed E-state index contributed by atoms with van der Waals surface area (Å²) in [5.74, 6) is 0.833. The number of hydrogen-bond donors (Lipinski definition) is 1. The van der Waals surface area contributed by atoms with Gasteiger partial charge in [-0.3, -0.25) is 0 Å². The standard InChI is InChI=1S/C14H14FNO2/c1-17-9-6-7-13(18-2)11(8-9)10-4-3-5-12(15)14(10)16/h3-8H,16H2,1-2H3. The molecule has 0 bridgehead atoms. The molecular formula is C14H14FNO2. The SMILES string of the molecule is COc1ccc(OC)c(-c2cccc(F)c2N)c1. The number of anilines is 1. The van der Waals surface area contributed by atoms with Gasteiger partial charge in [0.15, 0.2) is 0 Å². The van der Waals surface area contributed by atoms with Crippen molar-refractivity contribution in [3.05, 3.63) is 42.2 Å². The second-order valence-corrected chi connectivity index (χ2v) is 3.77. The summed E-state index contributed by atoms with van der Waals surface area (Å²) in [6.45, 7) is 0. The first-order chi connectivity index (χ1) is 8.67. The van der Waals surface area contributed by atoms with Gasteiger partial charge in [-0.15, -0.1) is 0 Å². The second-order valence-electron chi connectivity index (χ2n) is 3.77. The number of para-hydroxylation sites is 1. The Morgan fingerprint density at radius 2 is 1.78 bits per heavy atom. The van der Waals surface area contributed by atoms with Gasteiger partial charge in [0.1, 0.15) is 17.3 Å². The van der Waals surface area contributed by atoms with Crippen molar-refractivity contribution >= 4 is 5.69 Å². The predicted molar refractivity (Wildman–Crippen MR) is 69.4 cm³/mol. The van der Waals surface area contributed by atoms with Crippen LogP contribution in [0, 0.1) is 5.82 Å². The molecule has 18 heavy (non-hydrogen) atoms. The molecule has 94 valence electrons. The van der Waals surface area contributed by atoms with Crippen LogP contribution in [0.15, 0.2) is 36.4 Å². The van der Waals surface area contributed by atoms with Crippen LogP contribution in [0.2, 0.25) is 0 Å². The number of hydrogen-bond acceptors (Lipinski definition) is 3. The number of benzene rings is 2. The van der Waals surface area contributed by atoms with Crippen molar-refractivity contribution in [3.63, 3.8) is 0 Å². The first-order valence-corrected chi connectivity index (χ1v) is 5.43. The lowest BCUT2D eigenvalue weighted by molar-refractivity contribution is 0.404. The van der Waals surface area contributed by atoms with Gasteiger partial charge >= 0.3 is 0 Å². The average molecular weight is 247 g/mol. The zero-order chi connectivity index (χ0) is 13.1. The molecule has 0 aromatic heterocycles. The minimum absolute atomic E-state index is 0.101. The smallest absolute Gasteiger partial charge is 0.146 e. The van der Waals surface area contributed by atoms with E-state index in [1.165, 1.54) is 6.07 Å².